The number of alkyl halides is 3. The smallest absolute Gasteiger partial charge is 0.330 e. The summed E-state index contributed by atoms with van der Waals surface area (Å²) < 4.78 is 38.0. The number of carbonyl (C=O) groups excluding carboxylic acids is 1. The molecule has 1 aromatic rings. The fraction of sp³-hybridized carbons (Fsp3) is 0.250. The van der Waals surface area contributed by atoms with Crippen molar-refractivity contribution in [2.24, 2.45) is 0 Å². The van der Waals surface area contributed by atoms with Crippen LogP contribution in [0.1, 0.15) is 11.1 Å². The van der Waals surface area contributed by atoms with E-state index in [0.717, 1.165) is 6.07 Å². The fourth-order valence-electron chi connectivity index (χ4n) is 1.77. The first-order valence-electron chi connectivity index (χ1n) is 5.02. The van der Waals surface area contributed by atoms with Gasteiger partial charge in [-0.2, -0.15) is 13.2 Å². The van der Waals surface area contributed by atoms with Gasteiger partial charge in [0, 0.05) is 12.1 Å². The number of halogens is 3. The van der Waals surface area contributed by atoms with Gasteiger partial charge in [0.1, 0.15) is 0 Å². The molecule has 0 atom stereocenters. The largest absolute Gasteiger partial charge is 0.416 e. The van der Waals surface area contributed by atoms with Crippen molar-refractivity contribution in [1.29, 1.82) is 0 Å². The summed E-state index contributed by atoms with van der Waals surface area (Å²) >= 11 is 0. The summed E-state index contributed by atoms with van der Waals surface area (Å²) in [5.41, 5.74) is -0.138. The molecule has 1 saturated heterocycles. The minimum Gasteiger partial charge on any atom is -0.330 e. The summed E-state index contributed by atoms with van der Waals surface area (Å²) in [6.07, 6.45) is -4.39. The first kappa shape index (κ1) is 11.7. The summed E-state index contributed by atoms with van der Waals surface area (Å²) in [5, 5.41) is 0. The maximum absolute atomic E-state index is 12.7. The maximum Gasteiger partial charge on any atom is 0.416 e. The van der Waals surface area contributed by atoms with Gasteiger partial charge in [0.2, 0.25) is 0 Å². The Balaban J connectivity index is 2.22. The Hall–Kier alpha value is -1.78. The summed E-state index contributed by atoms with van der Waals surface area (Å²) in [7, 11) is 0. The molecule has 0 N–H and O–H groups in total. The fourth-order valence-corrected chi connectivity index (χ4v) is 1.77. The van der Waals surface area contributed by atoms with Crippen LogP contribution in [0.15, 0.2) is 36.4 Å². The van der Waals surface area contributed by atoms with Crippen LogP contribution in [-0.4, -0.2) is 17.4 Å². The zero-order valence-electron chi connectivity index (χ0n) is 8.92. The van der Waals surface area contributed by atoms with Crippen LogP contribution in [0, 0.1) is 0 Å². The highest BCUT2D eigenvalue weighted by molar-refractivity contribution is 5.99. The highest BCUT2D eigenvalue weighted by Gasteiger charge is 2.35. The van der Waals surface area contributed by atoms with Crippen molar-refractivity contribution in [2.45, 2.75) is 12.7 Å². The molecule has 2 rings (SSSR count). The van der Waals surface area contributed by atoms with Crippen LogP contribution in [0.4, 0.5) is 13.2 Å². The molecular formula is C12H10F3NO. The van der Waals surface area contributed by atoms with Gasteiger partial charge in [0.25, 0.3) is 5.91 Å². The van der Waals surface area contributed by atoms with Crippen molar-refractivity contribution in [3.63, 3.8) is 0 Å². The molecule has 1 aliphatic rings. The van der Waals surface area contributed by atoms with Gasteiger partial charge >= 0.3 is 6.18 Å². The van der Waals surface area contributed by atoms with Crippen LogP contribution in [0.3, 0.4) is 0 Å². The SMILES string of the molecule is C=C1CN(Cc2ccccc2C(F)(F)F)C1=O. The lowest BCUT2D eigenvalue weighted by Gasteiger charge is -2.33. The molecule has 5 heteroatoms. The molecule has 0 aromatic heterocycles. The standard InChI is InChI=1S/C12H10F3NO/c1-8-6-16(11(8)17)7-9-4-2-3-5-10(9)12(13,14)15/h2-5H,1,6-7H2. The molecule has 0 bridgehead atoms. The zero-order valence-corrected chi connectivity index (χ0v) is 8.92. The van der Waals surface area contributed by atoms with E-state index in [1.165, 1.54) is 23.1 Å². The predicted octanol–water partition coefficient (Wildman–Crippen LogP) is 2.60. The van der Waals surface area contributed by atoms with E-state index >= 15 is 0 Å². The van der Waals surface area contributed by atoms with Crippen LogP contribution < -0.4 is 0 Å². The minimum atomic E-state index is -4.39. The molecule has 0 radical (unpaired) electrons. The van der Waals surface area contributed by atoms with Crippen LogP contribution in [0.5, 0.6) is 0 Å². The second kappa shape index (κ2) is 3.91. The van der Waals surface area contributed by atoms with Crippen LogP contribution in [0.2, 0.25) is 0 Å². The van der Waals surface area contributed by atoms with Gasteiger partial charge < -0.3 is 4.90 Å². The van der Waals surface area contributed by atoms with Gasteiger partial charge in [-0.1, -0.05) is 24.8 Å². The molecule has 2 nitrogen and oxygen atoms in total. The molecule has 0 spiro atoms. The van der Waals surface area contributed by atoms with Gasteiger partial charge in [-0.05, 0) is 11.6 Å². The number of hydrogen-bond donors (Lipinski definition) is 0. The Morgan fingerprint density at radius 1 is 1.29 bits per heavy atom. The quantitative estimate of drug-likeness (QED) is 0.575. The number of nitrogens with zero attached hydrogens (tertiary/aromatic N) is 1. The molecular weight excluding hydrogens is 231 g/mol. The number of rotatable bonds is 2. The molecule has 0 unspecified atom stereocenters. The average molecular weight is 241 g/mol. The third kappa shape index (κ3) is 2.18. The van der Waals surface area contributed by atoms with Crippen LogP contribution in [-0.2, 0) is 17.5 Å². The molecule has 1 amide bonds. The number of β-lactam (4-membered cyclic amide) rings is 1. The Bertz CT molecular complexity index is 479. The third-order valence-corrected chi connectivity index (χ3v) is 2.66. The summed E-state index contributed by atoms with van der Waals surface area (Å²) in [6, 6.07) is 5.28. The van der Waals surface area contributed by atoms with Crippen molar-refractivity contribution < 1.29 is 18.0 Å². The summed E-state index contributed by atoms with van der Waals surface area (Å²) in [4.78, 5) is 12.6. The van der Waals surface area contributed by atoms with Gasteiger partial charge in [-0.3, -0.25) is 4.79 Å². The van der Waals surface area contributed by atoms with E-state index in [-0.39, 0.29) is 18.0 Å². The normalized spacial score (nSPS) is 16.1. The van der Waals surface area contributed by atoms with Gasteiger partial charge in [-0.25, -0.2) is 0 Å². The average Bonchev–Trinajstić information content (AvgIpc) is 2.27. The van der Waals surface area contributed by atoms with E-state index in [4.69, 9.17) is 0 Å². The highest BCUT2D eigenvalue weighted by Crippen LogP contribution is 2.33. The molecule has 1 heterocycles. The summed E-state index contributed by atoms with van der Waals surface area (Å²) in [5.74, 6) is -0.276. The van der Waals surface area contributed by atoms with Crippen molar-refractivity contribution >= 4 is 5.91 Å². The molecule has 90 valence electrons. The number of likely N-dealkylation sites (tertiary alicyclic amines) is 1. The van der Waals surface area contributed by atoms with E-state index in [2.05, 4.69) is 6.58 Å². The molecule has 1 fully saturated rings. The van der Waals surface area contributed by atoms with Gasteiger partial charge in [-0.15, -0.1) is 0 Å². The van der Waals surface area contributed by atoms with Crippen molar-refractivity contribution in [3.8, 4) is 0 Å². The van der Waals surface area contributed by atoms with Crippen LogP contribution in [0.25, 0.3) is 0 Å². The van der Waals surface area contributed by atoms with E-state index in [1.54, 1.807) is 0 Å². The molecule has 1 aromatic carbocycles. The van der Waals surface area contributed by atoms with E-state index in [0.29, 0.717) is 12.1 Å². The topological polar surface area (TPSA) is 20.3 Å². The lowest BCUT2D eigenvalue weighted by Crippen LogP contribution is -2.45. The molecule has 0 aliphatic carbocycles. The van der Waals surface area contributed by atoms with Crippen LogP contribution >= 0.6 is 0 Å². The minimum absolute atomic E-state index is 0.0203. The number of hydrogen-bond acceptors (Lipinski definition) is 1. The molecule has 1 aliphatic heterocycles. The van der Waals surface area contributed by atoms with Crippen molar-refractivity contribution in [1.82, 2.24) is 4.90 Å². The first-order chi connectivity index (χ1) is 7.89. The highest BCUT2D eigenvalue weighted by atomic mass is 19.4. The molecule has 0 saturated carbocycles. The number of benzene rings is 1. The Morgan fingerprint density at radius 3 is 2.47 bits per heavy atom. The lowest BCUT2D eigenvalue weighted by molar-refractivity contribution is -0.140. The Labute approximate surface area is 96.3 Å². The Kier molecular flexibility index (Phi) is 2.69. The van der Waals surface area contributed by atoms with E-state index < -0.39 is 11.7 Å². The predicted molar refractivity (Wildman–Crippen MR) is 56.0 cm³/mol. The van der Waals surface area contributed by atoms with Crippen molar-refractivity contribution in [3.05, 3.63) is 47.5 Å². The second-order valence-corrected chi connectivity index (χ2v) is 3.92. The first-order valence-corrected chi connectivity index (χ1v) is 5.02. The summed E-state index contributed by atoms with van der Waals surface area (Å²) in [6.45, 7) is 3.81. The number of amides is 1. The second-order valence-electron chi connectivity index (χ2n) is 3.92. The van der Waals surface area contributed by atoms with Gasteiger partial charge in [0.15, 0.2) is 0 Å². The van der Waals surface area contributed by atoms with Crippen molar-refractivity contribution in [2.75, 3.05) is 6.54 Å². The van der Waals surface area contributed by atoms with E-state index in [9.17, 15) is 18.0 Å². The van der Waals surface area contributed by atoms with Gasteiger partial charge in [0.05, 0.1) is 12.1 Å². The van der Waals surface area contributed by atoms with E-state index in [1.807, 2.05) is 0 Å². The monoisotopic (exact) mass is 241 g/mol. The lowest BCUT2D eigenvalue weighted by atomic mass is 10.0. The number of carbonyl (C=O) groups is 1. The third-order valence-electron chi connectivity index (χ3n) is 2.66. The maximum atomic E-state index is 12.7. The zero-order chi connectivity index (χ0) is 12.6. The molecule has 17 heavy (non-hydrogen) atoms. The Morgan fingerprint density at radius 2 is 1.94 bits per heavy atom.